The second kappa shape index (κ2) is 7.26. The maximum Gasteiger partial charge on any atom is 0.227 e. The van der Waals surface area contributed by atoms with Crippen molar-refractivity contribution >= 4 is 39.1 Å². The van der Waals surface area contributed by atoms with Crippen molar-refractivity contribution in [2.75, 3.05) is 19.3 Å². The lowest BCUT2D eigenvalue weighted by molar-refractivity contribution is -0.122. The van der Waals surface area contributed by atoms with Crippen LogP contribution in [0.3, 0.4) is 0 Å². The zero-order valence-electron chi connectivity index (χ0n) is 11.1. The molecule has 0 bridgehead atoms. The molecule has 0 saturated heterocycles. The Morgan fingerprint density at radius 2 is 1.80 bits per heavy atom. The third kappa shape index (κ3) is 5.28. The Morgan fingerprint density at radius 3 is 2.30 bits per heavy atom. The summed E-state index contributed by atoms with van der Waals surface area (Å²) in [7, 11) is -3.25. The third-order valence-corrected chi connectivity index (χ3v) is 4.00. The normalized spacial score (nSPS) is 13.0. The average molecular weight is 339 g/mol. The van der Waals surface area contributed by atoms with Crippen LogP contribution in [0.25, 0.3) is 0 Å². The van der Waals surface area contributed by atoms with Gasteiger partial charge in [-0.1, -0.05) is 29.3 Å². The number of amides is 1. The zero-order chi connectivity index (χ0) is 15.3. The summed E-state index contributed by atoms with van der Waals surface area (Å²) in [6, 6.07) is 5.03. The molecule has 0 aliphatic rings. The first-order valence-corrected chi connectivity index (χ1v) is 8.53. The van der Waals surface area contributed by atoms with Gasteiger partial charge in [0, 0.05) is 28.7 Å². The first-order chi connectivity index (χ1) is 9.22. The summed E-state index contributed by atoms with van der Waals surface area (Å²) in [5.41, 5.74) is 0.560. The van der Waals surface area contributed by atoms with Gasteiger partial charge in [0.1, 0.15) is 0 Å². The fraction of sp³-hybridized carbons (Fsp3) is 0.417. The van der Waals surface area contributed by atoms with Gasteiger partial charge in [-0.15, -0.1) is 0 Å². The number of benzene rings is 1. The van der Waals surface area contributed by atoms with E-state index in [1.165, 1.54) is 0 Å². The van der Waals surface area contributed by atoms with Crippen molar-refractivity contribution in [2.45, 2.75) is 12.8 Å². The molecule has 0 saturated carbocycles. The fourth-order valence-corrected chi connectivity index (χ4v) is 2.83. The molecule has 1 rings (SSSR count). The molecular weight excluding hydrogens is 323 g/mol. The maximum absolute atomic E-state index is 12.0. The molecule has 112 valence electrons. The first-order valence-electron chi connectivity index (χ1n) is 5.88. The standard InChI is InChI=1S/C12H16Cl2N2O3S/c1-8(11-9(13)4-3-5-10(11)14)12(17)15-6-7-16-20(2,18)19/h3-5,8,16H,6-7H2,1-2H3,(H,15,17). The molecule has 5 nitrogen and oxygen atoms in total. The van der Waals surface area contributed by atoms with Gasteiger partial charge in [-0.3, -0.25) is 4.79 Å². The van der Waals surface area contributed by atoms with Gasteiger partial charge in [0.05, 0.1) is 12.2 Å². The molecule has 0 heterocycles. The summed E-state index contributed by atoms with van der Waals surface area (Å²) in [5, 5.41) is 3.48. The summed E-state index contributed by atoms with van der Waals surface area (Å²) < 4.78 is 24.0. The second-order valence-corrected chi connectivity index (χ2v) is 6.96. The Bertz CT molecular complexity index is 570. The van der Waals surface area contributed by atoms with Gasteiger partial charge in [-0.2, -0.15) is 0 Å². The summed E-state index contributed by atoms with van der Waals surface area (Å²) in [4.78, 5) is 12.0. The topological polar surface area (TPSA) is 75.3 Å². The van der Waals surface area contributed by atoms with Gasteiger partial charge in [0.15, 0.2) is 0 Å². The van der Waals surface area contributed by atoms with E-state index in [4.69, 9.17) is 23.2 Å². The number of hydrogen-bond donors (Lipinski definition) is 2. The van der Waals surface area contributed by atoms with Crippen molar-refractivity contribution in [2.24, 2.45) is 0 Å². The van der Waals surface area contributed by atoms with Crippen molar-refractivity contribution in [3.05, 3.63) is 33.8 Å². The van der Waals surface area contributed by atoms with Crippen molar-refractivity contribution in [3.63, 3.8) is 0 Å². The molecule has 20 heavy (non-hydrogen) atoms. The van der Waals surface area contributed by atoms with Gasteiger partial charge in [-0.05, 0) is 19.1 Å². The average Bonchev–Trinajstić information content (AvgIpc) is 2.32. The van der Waals surface area contributed by atoms with Crippen LogP contribution >= 0.6 is 23.2 Å². The maximum atomic E-state index is 12.0. The molecule has 1 amide bonds. The van der Waals surface area contributed by atoms with Crippen LogP contribution in [0.5, 0.6) is 0 Å². The van der Waals surface area contributed by atoms with E-state index in [1.54, 1.807) is 25.1 Å². The smallest absolute Gasteiger partial charge is 0.227 e. The molecule has 1 aromatic rings. The largest absolute Gasteiger partial charge is 0.354 e. The minimum Gasteiger partial charge on any atom is -0.354 e. The van der Waals surface area contributed by atoms with E-state index in [-0.39, 0.29) is 19.0 Å². The molecule has 1 aromatic carbocycles. The monoisotopic (exact) mass is 338 g/mol. The third-order valence-electron chi connectivity index (χ3n) is 2.61. The molecule has 0 fully saturated rings. The zero-order valence-corrected chi connectivity index (χ0v) is 13.4. The molecule has 0 radical (unpaired) electrons. The Morgan fingerprint density at radius 1 is 1.25 bits per heavy atom. The number of halogens is 2. The van der Waals surface area contributed by atoms with Crippen LogP contribution in [-0.2, 0) is 14.8 Å². The van der Waals surface area contributed by atoms with Crippen LogP contribution in [0.15, 0.2) is 18.2 Å². The highest BCUT2D eigenvalue weighted by molar-refractivity contribution is 7.88. The quantitative estimate of drug-likeness (QED) is 0.776. The highest BCUT2D eigenvalue weighted by Crippen LogP contribution is 2.31. The number of carbonyl (C=O) groups excluding carboxylic acids is 1. The van der Waals surface area contributed by atoms with Crippen LogP contribution in [0.4, 0.5) is 0 Å². The van der Waals surface area contributed by atoms with E-state index in [2.05, 4.69) is 10.0 Å². The van der Waals surface area contributed by atoms with Crippen LogP contribution in [-0.4, -0.2) is 33.7 Å². The molecule has 8 heteroatoms. The second-order valence-electron chi connectivity index (χ2n) is 4.31. The van der Waals surface area contributed by atoms with Gasteiger partial charge in [-0.25, -0.2) is 13.1 Å². The summed E-state index contributed by atoms with van der Waals surface area (Å²) >= 11 is 12.1. The Labute approximate surface area is 128 Å². The van der Waals surface area contributed by atoms with Crippen molar-refractivity contribution < 1.29 is 13.2 Å². The van der Waals surface area contributed by atoms with Gasteiger partial charge in [0.25, 0.3) is 0 Å². The van der Waals surface area contributed by atoms with E-state index in [0.29, 0.717) is 15.6 Å². The van der Waals surface area contributed by atoms with Crippen LogP contribution in [0.1, 0.15) is 18.4 Å². The van der Waals surface area contributed by atoms with Crippen molar-refractivity contribution in [1.82, 2.24) is 10.0 Å². The van der Waals surface area contributed by atoms with Crippen LogP contribution in [0, 0.1) is 0 Å². The van der Waals surface area contributed by atoms with Crippen LogP contribution in [0.2, 0.25) is 10.0 Å². The lowest BCUT2D eigenvalue weighted by Crippen LogP contribution is -2.36. The SMILES string of the molecule is CC(C(=O)NCCNS(C)(=O)=O)c1c(Cl)cccc1Cl. The van der Waals surface area contributed by atoms with Gasteiger partial charge >= 0.3 is 0 Å². The Balaban J connectivity index is 2.60. The number of hydrogen-bond acceptors (Lipinski definition) is 3. The summed E-state index contributed by atoms with van der Waals surface area (Å²) in [6.07, 6.45) is 1.06. The Hall–Kier alpha value is -0.820. The molecule has 0 aliphatic heterocycles. The first kappa shape index (κ1) is 17.2. The predicted octanol–water partition coefficient (Wildman–Crippen LogP) is 1.76. The van der Waals surface area contributed by atoms with E-state index in [0.717, 1.165) is 6.26 Å². The molecule has 0 spiro atoms. The molecule has 0 aliphatic carbocycles. The minimum atomic E-state index is -3.25. The van der Waals surface area contributed by atoms with E-state index >= 15 is 0 Å². The van der Waals surface area contributed by atoms with Crippen molar-refractivity contribution in [1.29, 1.82) is 0 Å². The molecule has 2 N–H and O–H groups in total. The van der Waals surface area contributed by atoms with Gasteiger partial charge < -0.3 is 5.32 Å². The fourth-order valence-electron chi connectivity index (χ4n) is 1.63. The number of carbonyl (C=O) groups is 1. The number of sulfonamides is 1. The molecule has 1 atom stereocenters. The lowest BCUT2D eigenvalue weighted by Gasteiger charge is -2.15. The molecular formula is C12H16Cl2N2O3S. The van der Waals surface area contributed by atoms with E-state index in [9.17, 15) is 13.2 Å². The number of rotatable bonds is 6. The highest BCUT2D eigenvalue weighted by atomic mass is 35.5. The predicted molar refractivity (Wildman–Crippen MR) is 80.7 cm³/mol. The summed E-state index contributed by atoms with van der Waals surface area (Å²) in [6.45, 7) is 2.01. The Kier molecular flexibility index (Phi) is 6.26. The minimum absolute atomic E-state index is 0.132. The van der Waals surface area contributed by atoms with E-state index < -0.39 is 15.9 Å². The molecule has 0 aromatic heterocycles. The van der Waals surface area contributed by atoms with Crippen LogP contribution < -0.4 is 10.0 Å². The molecule has 1 unspecified atom stereocenters. The van der Waals surface area contributed by atoms with E-state index in [1.807, 2.05) is 0 Å². The lowest BCUT2D eigenvalue weighted by atomic mass is 10.0. The summed E-state index contributed by atoms with van der Waals surface area (Å²) in [5.74, 6) is -0.787. The van der Waals surface area contributed by atoms with Crippen molar-refractivity contribution in [3.8, 4) is 0 Å². The number of nitrogens with one attached hydrogen (secondary N) is 2. The highest BCUT2D eigenvalue weighted by Gasteiger charge is 2.20. The van der Waals surface area contributed by atoms with Gasteiger partial charge in [0.2, 0.25) is 15.9 Å².